The second-order valence-electron chi connectivity index (χ2n) is 9.12. The van der Waals surface area contributed by atoms with Crippen molar-refractivity contribution in [2.45, 2.75) is 51.0 Å². The lowest BCUT2D eigenvalue weighted by Crippen LogP contribution is -2.33. The molecule has 2 aromatic heterocycles. The van der Waals surface area contributed by atoms with E-state index in [2.05, 4.69) is 22.4 Å². The summed E-state index contributed by atoms with van der Waals surface area (Å²) in [4.78, 5) is 45.3. The average molecular weight is 465 g/mol. The van der Waals surface area contributed by atoms with Crippen LogP contribution in [-0.2, 0) is 22.4 Å². The Hall–Kier alpha value is -3.62. The summed E-state index contributed by atoms with van der Waals surface area (Å²) in [7, 11) is 0. The molecule has 4 heterocycles. The van der Waals surface area contributed by atoms with Crippen molar-refractivity contribution in [3.63, 3.8) is 0 Å². The number of aryl methyl sites for hydroxylation is 2. The molecule has 0 radical (unpaired) electrons. The van der Waals surface area contributed by atoms with E-state index in [9.17, 15) is 19.5 Å². The second-order valence-corrected chi connectivity index (χ2v) is 9.12. The number of carboxylic acid groups (broad SMARTS) is 1. The third-order valence-corrected chi connectivity index (χ3v) is 6.85. The molecule has 0 aliphatic carbocycles. The van der Waals surface area contributed by atoms with Gasteiger partial charge in [0.05, 0.1) is 29.4 Å². The zero-order chi connectivity index (χ0) is 23.7. The van der Waals surface area contributed by atoms with Gasteiger partial charge in [-0.1, -0.05) is 6.07 Å². The van der Waals surface area contributed by atoms with Crippen LogP contribution in [0.5, 0.6) is 0 Å². The monoisotopic (exact) mass is 464 g/mol. The van der Waals surface area contributed by atoms with Gasteiger partial charge in [-0.05, 0) is 68.4 Å². The Morgan fingerprint density at radius 2 is 2.15 bits per heavy atom. The normalized spacial score (nSPS) is 18.6. The molecule has 1 fully saturated rings. The maximum absolute atomic E-state index is 13.2. The lowest BCUT2D eigenvalue weighted by atomic mass is 9.98. The van der Waals surface area contributed by atoms with Crippen molar-refractivity contribution in [2.24, 2.45) is 5.92 Å². The quantitative estimate of drug-likeness (QED) is 0.467. The highest BCUT2D eigenvalue weighted by atomic mass is 16.4. The summed E-state index contributed by atoms with van der Waals surface area (Å²) in [5.41, 5.74) is 4.85. The predicted octanol–water partition coefficient (Wildman–Crippen LogP) is 3.26. The van der Waals surface area contributed by atoms with Gasteiger partial charge in [0, 0.05) is 24.7 Å². The van der Waals surface area contributed by atoms with Gasteiger partial charge < -0.3 is 19.7 Å². The number of likely N-dealkylation sites (tertiary alicyclic amines) is 1. The highest BCUT2D eigenvalue weighted by molar-refractivity contribution is 5.82. The van der Waals surface area contributed by atoms with E-state index in [1.54, 1.807) is 23.1 Å². The molecule has 2 atom stereocenters. The van der Waals surface area contributed by atoms with E-state index in [1.165, 1.54) is 0 Å². The number of aromatic amines is 1. The lowest BCUT2D eigenvalue weighted by Gasteiger charge is -2.27. The molecule has 3 N–H and O–H groups in total. The Labute approximate surface area is 196 Å². The Morgan fingerprint density at radius 1 is 1.26 bits per heavy atom. The number of carbonyl (C=O) groups is 2. The zero-order valence-electron chi connectivity index (χ0n) is 18.9. The van der Waals surface area contributed by atoms with Crippen molar-refractivity contribution >= 4 is 28.7 Å². The van der Waals surface area contributed by atoms with E-state index >= 15 is 0 Å². The van der Waals surface area contributed by atoms with Crippen LogP contribution in [0.1, 0.15) is 55.1 Å². The molecule has 1 saturated heterocycles. The van der Waals surface area contributed by atoms with Gasteiger partial charge in [-0.2, -0.15) is 0 Å². The standard InChI is InChI=1S/C25H28N4O5/c30-23(31)14-21(16-6-8-20-22(13-16)34-25(33)28-20)29-12-10-15(24(29)32)3-1-4-17-7-9-18-19(27-17)5-2-11-26-18/h6-9,13,15,21,26H,1-5,10-12,14H2,(H,28,33)(H,30,31)/t15?,21-/m0/s1. The summed E-state index contributed by atoms with van der Waals surface area (Å²) in [6.45, 7) is 1.50. The zero-order valence-corrected chi connectivity index (χ0v) is 18.9. The highest BCUT2D eigenvalue weighted by Crippen LogP contribution is 2.34. The molecule has 1 unspecified atom stereocenters. The Morgan fingerprint density at radius 3 is 3.00 bits per heavy atom. The summed E-state index contributed by atoms with van der Waals surface area (Å²) >= 11 is 0. The largest absolute Gasteiger partial charge is 0.481 e. The molecular weight excluding hydrogens is 436 g/mol. The van der Waals surface area contributed by atoms with Crippen LogP contribution in [-0.4, -0.2) is 44.9 Å². The number of hydrogen-bond acceptors (Lipinski definition) is 6. The lowest BCUT2D eigenvalue weighted by molar-refractivity contribution is -0.140. The molecular formula is C25H28N4O5. The van der Waals surface area contributed by atoms with Gasteiger partial charge in [0.2, 0.25) is 5.91 Å². The van der Waals surface area contributed by atoms with Crippen molar-refractivity contribution in [3.05, 3.63) is 57.8 Å². The number of fused-ring (bicyclic) bond motifs is 2. The SMILES string of the molecule is O=C(O)C[C@@H](c1ccc2[nH]c(=O)oc2c1)N1CCC(CCCc2ccc3c(n2)CCCN3)C1=O. The number of anilines is 1. The van der Waals surface area contributed by atoms with Gasteiger partial charge >= 0.3 is 11.7 Å². The highest BCUT2D eigenvalue weighted by Gasteiger charge is 2.37. The number of rotatable bonds is 8. The maximum Gasteiger partial charge on any atom is 0.417 e. The number of aromatic nitrogens is 2. The van der Waals surface area contributed by atoms with E-state index in [4.69, 9.17) is 9.40 Å². The molecule has 1 aromatic carbocycles. The van der Waals surface area contributed by atoms with E-state index in [0.717, 1.165) is 55.7 Å². The maximum atomic E-state index is 13.2. The van der Waals surface area contributed by atoms with Crippen molar-refractivity contribution in [1.82, 2.24) is 14.9 Å². The summed E-state index contributed by atoms with van der Waals surface area (Å²) in [5.74, 6) is -1.68. The smallest absolute Gasteiger partial charge is 0.417 e. The summed E-state index contributed by atoms with van der Waals surface area (Å²) < 4.78 is 5.13. The number of carbonyl (C=O) groups excluding carboxylic acids is 1. The molecule has 9 nitrogen and oxygen atoms in total. The molecule has 2 aliphatic heterocycles. The van der Waals surface area contributed by atoms with Crippen molar-refractivity contribution in [1.29, 1.82) is 0 Å². The Bertz CT molecular complexity index is 1280. The number of carboxylic acids is 1. The number of hydrogen-bond donors (Lipinski definition) is 3. The first-order chi connectivity index (χ1) is 16.5. The minimum Gasteiger partial charge on any atom is -0.481 e. The van der Waals surface area contributed by atoms with Crippen molar-refractivity contribution < 1.29 is 19.1 Å². The number of oxazole rings is 1. The molecule has 1 amide bonds. The van der Waals surface area contributed by atoms with Gasteiger partial charge in [0.1, 0.15) is 0 Å². The first-order valence-electron chi connectivity index (χ1n) is 11.9. The predicted molar refractivity (Wildman–Crippen MR) is 126 cm³/mol. The Kier molecular flexibility index (Phi) is 6.08. The summed E-state index contributed by atoms with van der Waals surface area (Å²) in [6.07, 6.45) is 5.01. The van der Waals surface area contributed by atoms with E-state index in [1.807, 2.05) is 0 Å². The number of amides is 1. The third kappa shape index (κ3) is 4.55. The van der Waals surface area contributed by atoms with Gasteiger partial charge in [-0.15, -0.1) is 0 Å². The number of aliphatic carboxylic acids is 1. The minimum atomic E-state index is -0.982. The summed E-state index contributed by atoms with van der Waals surface area (Å²) in [5, 5.41) is 12.9. The third-order valence-electron chi connectivity index (χ3n) is 6.85. The Balaban J connectivity index is 1.25. The van der Waals surface area contributed by atoms with Crippen LogP contribution in [0.15, 0.2) is 39.5 Å². The van der Waals surface area contributed by atoms with Crippen LogP contribution in [0, 0.1) is 5.92 Å². The molecule has 2 aliphatic rings. The van der Waals surface area contributed by atoms with Crippen molar-refractivity contribution in [3.8, 4) is 0 Å². The van der Waals surface area contributed by atoms with Gasteiger partial charge in [-0.3, -0.25) is 19.6 Å². The van der Waals surface area contributed by atoms with Gasteiger partial charge in [0.15, 0.2) is 5.58 Å². The van der Waals surface area contributed by atoms with Gasteiger partial charge in [-0.25, -0.2) is 4.79 Å². The van der Waals surface area contributed by atoms with Crippen LogP contribution in [0.4, 0.5) is 5.69 Å². The average Bonchev–Trinajstić information content (AvgIpc) is 3.38. The topological polar surface area (TPSA) is 129 Å². The molecule has 5 rings (SSSR count). The minimum absolute atomic E-state index is 0.00975. The van der Waals surface area contributed by atoms with Crippen LogP contribution in [0.2, 0.25) is 0 Å². The van der Waals surface area contributed by atoms with E-state index in [0.29, 0.717) is 29.6 Å². The molecule has 9 heteroatoms. The molecule has 0 spiro atoms. The van der Waals surface area contributed by atoms with E-state index < -0.39 is 17.8 Å². The van der Waals surface area contributed by atoms with Crippen LogP contribution < -0.4 is 11.1 Å². The number of nitrogens with zero attached hydrogens (tertiary/aromatic N) is 2. The van der Waals surface area contributed by atoms with Crippen LogP contribution in [0.25, 0.3) is 11.1 Å². The van der Waals surface area contributed by atoms with Crippen LogP contribution >= 0.6 is 0 Å². The molecule has 0 saturated carbocycles. The van der Waals surface area contributed by atoms with E-state index in [-0.39, 0.29) is 18.2 Å². The second kappa shape index (κ2) is 9.32. The summed E-state index contributed by atoms with van der Waals surface area (Å²) in [6, 6.07) is 8.63. The van der Waals surface area contributed by atoms with Gasteiger partial charge in [0.25, 0.3) is 0 Å². The fraction of sp³-hybridized carbons (Fsp3) is 0.440. The number of H-pyrrole nitrogens is 1. The first-order valence-corrected chi connectivity index (χ1v) is 11.9. The molecule has 0 bridgehead atoms. The molecule has 178 valence electrons. The fourth-order valence-corrected chi connectivity index (χ4v) is 5.13. The molecule has 3 aromatic rings. The fourth-order valence-electron chi connectivity index (χ4n) is 5.13. The number of pyridine rings is 1. The first kappa shape index (κ1) is 22.2. The van der Waals surface area contributed by atoms with Crippen molar-refractivity contribution in [2.75, 3.05) is 18.4 Å². The van der Waals surface area contributed by atoms with Crippen LogP contribution in [0.3, 0.4) is 0 Å². The number of nitrogens with one attached hydrogen (secondary N) is 2. The molecule has 34 heavy (non-hydrogen) atoms. The number of benzene rings is 1.